The third kappa shape index (κ3) is 5.13. The highest BCUT2D eigenvalue weighted by atomic mass is 15.0. The number of fused-ring (bicyclic) bond motifs is 11. The monoisotopic (exact) mass is 792 g/mol. The second kappa shape index (κ2) is 13.9. The maximum Gasteiger partial charge on any atom is 0.0722 e. The molecule has 294 valence electrons. The number of allylic oxidation sites excluding steroid dienone is 12. The molecule has 6 aromatic carbocycles. The lowest BCUT2D eigenvalue weighted by molar-refractivity contribution is 0.678. The van der Waals surface area contributed by atoms with Crippen LogP contribution in [0.2, 0.25) is 0 Å². The van der Waals surface area contributed by atoms with Crippen molar-refractivity contribution in [2.45, 2.75) is 43.9 Å². The summed E-state index contributed by atoms with van der Waals surface area (Å²) in [7, 11) is 0. The van der Waals surface area contributed by atoms with Crippen LogP contribution in [0.4, 0.5) is 0 Å². The zero-order chi connectivity index (χ0) is 40.8. The van der Waals surface area contributed by atoms with Gasteiger partial charge in [-0.3, -0.25) is 0 Å². The van der Waals surface area contributed by atoms with E-state index in [1.807, 2.05) is 0 Å². The molecule has 2 heteroatoms. The fourth-order valence-corrected chi connectivity index (χ4v) is 11.7. The molecule has 1 unspecified atom stereocenters. The fraction of sp³-hybridized carbons (Fsp3) is 0.117. The summed E-state index contributed by atoms with van der Waals surface area (Å²) in [5.41, 5.74) is 24.3. The summed E-state index contributed by atoms with van der Waals surface area (Å²) in [6.45, 7) is 0. The van der Waals surface area contributed by atoms with Gasteiger partial charge in [-0.2, -0.15) is 0 Å². The summed E-state index contributed by atoms with van der Waals surface area (Å²) < 4.78 is 2.55. The first kappa shape index (κ1) is 35.5. The van der Waals surface area contributed by atoms with Gasteiger partial charge in [-0.15, -0.1) is 0 Å². The molecule has 1 aliphatic heterocycles. The first-order valence-corrected chi connectivity index (χ1v) is 22.4. The van der Waals surface area contributed by atoms with Gasteiger partial charge < -0.3 is 4.57 Å². The molecule has 0 saturated carbocycles. The Hall–Kier alpha value is -7.29. The molecule has 2 aromatic heterocycles. The van der Waals surface area contributed by atoms with E-state index >= 15 is 0 Å². The Labute approximate surface area is 362 Å². The molecule has 62 heavy (non-hydrogen) atoms. The standard InChI is InChI=1S/C60H44N2/c1-4-16-39(17-5-1)41-30-32-42(33-31-41)44-34-35-50-49(36-44)58-48(55-38-45(40-18-6-2-7-19-40)37-54(61-55)43-20-8-3-9-21-43)24-15-26-52(58)60(50)51-25-11-13-29-57(51)62-56-28-12-10-22-46(56)47-23-14-27-53(60)59(47)62/h1-4,6-16,18-30,32,36-38H,5,17,31,33-35H2. The second-order valence-electron chi connectivity index (χ2n) is 17.5. The minimum absolute atomic E-state index is 0.475. The Balaban J connectivity index is 1.10. The van der Waals surface area contributed by atoms with Crippen LogP contribution >= 0.6 is 0 Å². The number of nitrogens with zero attached hydrogens (tertiary/aromatic N) is 2. The molecule has 0 saturated heterocycles. The van der Waals surface area contributed by atoms with Crippen molar-refractivity contribution >= 4 is 27.4 Å². The first-order valence-electron chi connectivity index (χ1n) is 22.4. The zero-order valence-corrected chi connectivity index (χ0v) is 34.6. The Kier molecular flexibility index (Phi) is 7.94. The van der Waals surface area contributed by atoms with Crippen molar-refractivity contribution in [1.82, 2.24) is 9.55 Å². The van der Waals surface area contributed by atoms with Crippen molar-refractivity contribution in [3.05, 3.63) is 244 Å². The molecule has 0 N–H and O–H groups in total. The molecule has 13 rings (SSSR count). The van der Waals surface area contributed by atoms with Gasteiger partial charge in [-0.25, -0.2) is 4.98 Å². The third-order valence-corrected chi connectivity index (χ3v) is 14.4. The quantitative estimate of drug-likeness (QED) is 0.170. The van der Waals surface area contributed by atoms with Crippen LogP contribution in [0.25, 0.3) is 66.7 Å². The zero-order valence-electron chi connectivity index (χ0n) is 34.6. The average Bonchev–Trinajstić information content (AvgIpc) is 3.85. The van der Waals surface area contributed by atoms with Crippen LogP contribution in [0, 0.1) is 0 Å². The van der Waals surface area contributed by atoms with Crippen LogP contribution < -0.4 is 0 Å². The van der Waals surface area contributed by atoms with Gasteiger partial charge in [0.05, 0.1) is 33.5 Å². The molecule has 0 amide bonds. The van der Waals surface area contributed by atoms with Gasteiger partial charge >= 0.3 is 0 Å². The SMILES string of the molecule is C1=CCCC(C2=CC=C(C3=CC4=C(CC3)C3(c5ccccc5-n5c6ccccc6c6cccc3c65)c3cccc(-c5cc(-c6ccccc6)cc(-c6ccccc6)n5)c34)CC2)=C1. The number of benzene rings is 6. The number of hydrogen-bond acceptors (Lipinski definition) is 1. The van der Waals surface area contributed by atoms with Crippen molar-refractivity contribution in [2.24, 2.45) is 0 Å². The lowest BCUT2D eigenvalue weighted by Gasteiger charge is -2.41. The molecule has 0 radical (unpaired) electrons. The summed E-state index contributed by atoms with van der Waals surface area (Å²) in [5, 5.41) is 2.62. The molecule has 5 aliphatic rings. The molecule has 8 aromatic rings. The van der Waals surface area contributed by atoms with E-state index in [0.717, 1.165) is 55.5 Å². The van der Waals surface area contributed by atoms with Crippen molar-refractivity contribution in [1.29, 1.82) is 0 Å². The predicted molar refractivity (Wildman–Crippen MR) is 257 cm³/mol. The highest BCUT2D eigenvalue weighted by Crippen LogP contribution is 2.63. The van der Waals surface area contributed by atoms with Gasteiger partial charge in [0, 0.05) is 21.9 Å². The van der Waals surface area contributed by atoms with Gasteiger partial charge in [0.25, 0.3) is 0 Å². The minimum Gasteiger partial charge on any atom is -0.309 e. The van der Waals surface area contributed by atoms with Gasteiger partial charge in [-0.05, 0) is 130 Å². The van der Waals surface area contributed by atoms with E-state index in [9.17, 15) is 0 Å². The van der Waals surface area contributed by atoms with Crippen LogP contribution in [0.15, 0.2) is 222 Å². The van der Waals surface area contributed by atoms with E-state index < -0.39 is 5.41 Å². The molecule has 1 atom stereocenters. The minimum atomic E-state index is -0.475. The molecular weight excluding hydrogens is 749 g/mol. The number of rotatable bonds is 5. The van der Waals surface area contributed by atoms with E-state index in [-0.39, 0.29) is 0 Å². The summed E-state index contributed by atoms with van der Waals surface area (Å²) in [4.78, 5) is 5.58. The molecule has 4 aliphatic carbocycles. The number of hydrogen-bond donors (Lipinski definition) is 0. The molecular formula is C60H44N2. The van der Waals surface area contributed by atoms with E-state index in [2.05, 4.69) is 199 Å². The summed E-state index contributed by atoms with van der Waals surface area (Å²) in [6, 6.07) is 58.4. The van der Waals surface area contributed by atoms with E-state index in [1.165, 1.54) is 99.9 Å². The van der Waals surface area contributed by atoms with Gasteiger partial charge in [0.1, 0.15) is 0 Å². The second-order valence-corrected chi connectivity index (χ2v) is 17.5. The molecule has 1 spiro atoms. The largest absolute Gasteiger partial charge is 0.309 e. The van der Waals surface area contributed by atoms with Crippen LogP contribution in [-0.2, 0) is 5.41 Å². The van der Waals surface area contributed by atoms with Gasteiger partial charge in [0.15, 0.2) is 0 Å². The Morgan fingerprint density at radius 2 is 1.15 bits per heavy atom. The Morgan fingerprint density at radius 3 is 1.97 bits per heavy atom. The number of para-hydroxylation sites is 3. The lowest BCUT2D eigenvalue weighted by atomic mass is 9.63. The van der Waals surface area contributed by atoms with Crippen LogP contribution in [-0.4, -0.2) is 9.55 Å². The van der Waals surface area contributed by atoms with E-state index in [4.69, 9.17) is 4.98 Å². The fourth-order valence-electron chi connectivity index (χ4n) is 11.7. The molecule has 0 bridgehead atoms. The smallest absolute Gasteiger partial charge is 0.0722 e. The molecule has 0 fully saturated rings. The van der Waals surface area contributed by atoms with Crippen molar-refractivity contribution in [3.63, 3.8) is 0 Å². The molecule has 3 heterocycles. The maximum atomic E-state index is 5.58. The first-order chi connectivity index (χ1) is 30.8. The number of pyridine rings is 1. The average molecular weight is 793 g/mol. The number of aromatic nitrogens is 2. The van der Waals surface area contributed by atoms with Crippen LogP contribution in [0.1, 0.15) is 60.8 Å². The summed E-state index contributed by atoms with van der Waals surface area (Å²) in [5.74, 6) is 0. The summed E-state index contributed by atoms with van der Waals surface area (Å²) in [6.07, 6.45) is 20.8. The van der Waals surface area contributed by atoms with Crippen molar-refractivity contribution in [3.8, 4) is 39.3 Å². The Morgan fingerprint density at radius 1 is 0.484 bits per heavy atom. The van der Waals surface area contributed by atoms with Gasteiger partial charge in [-0.1, -0.05) is 170 Å². The van der Waals surface area contributed by atoms with Crippen molar-refractivity contribution in [2.75, 3.05) is 0 Å². The predicted octanol–water partition coefficient (Wildman–Crippen LogP) is 15.2. The molecule has 2 nitrogen and oxygen atoms in total. The normalized spacial score (nSPS) is 18.6. The van der Waals surface area contributed by atoms with Gasteiger partial charge in [0.2, 0.25) is 0 Å². The van der Waals surface area contributed by atoms with Crippen molar-refractivity contribution < 1.29 is 0 Å². The van der Waals surface area contributed by atoms with Crippen LogP contribution in [0.5, 0.6) is 0 Å². The van der Waals surface area contributed by atoms with Crippen LogP contribution in [0.3, 0.4) is 0 Å². The Bertz CT molecular complexity index is 3320. The van der Waals surface area contributed by atoms with E-state index in [0.29, 0.717) is 0 Å². The maximum absolute atomic E-state index is 5.58. The topological polar surface area (TPSA) is 17.8 Å². The lowest BCUT2D eigenvalue weighted by Crippen LogP contribution is -2.35. The highest BCUT2D eigenvalue weighted by Gasteiger charge is 2.53. The summed E-state index contributed by atoms with van der Waals surface area (Å²) >= 11 is 0. The van der Waals surface area contributed by atoms with E-state index in [1.54, 1.807) is 0 Å². The third-order valence-electron chi connectivity index (χ3n) is 14.4. The highest BCUT2D eigenvalue weighted by molar-refractivity contribution is 6.13.